The van der Waals surface area contributed by atoms with Crippen LogP contribution in [-0.4, -0.2) is 0 Å². The van der Waals surface area contributed by atoms with Gasteiger partial charge in [-0.3, -0.25) is 5.09 Å². The van der Waals surface area contributed by atoms with E-state index in [1.165, 1.54) is 5.56 Å². The summed E-state index contributed by atoms with van der Waals surface area (Å²) >= 11 is 0. The molecule has 2 atom stereocenters. The van der Waals surface area contributed by atoms with Crippen LogP contribution in [0.15, 0.2) is 24.3 Å². The van der Waals surface area contributed by atoms with Crippen LogP contribution in [0.1, 0.15) is 59.4 Å². The zero-order valence-electron chi connectivity index (χ0n) is 14.3. The molecule has 0 bridgehead atoms. The van der Waals surface area contributed by atoms with E-state index in [4.69, 9.17) is 0 Å². The van der Waals surface area contributed by atoms with Crippen molar-refractivity contribution in [2.75, 3.05) is 5.09 Å². The summed E-state index contributed by atoms with van der Waals surface area (Å²) < 4.78 is 28.3. The number of hydrogen-bond acceptors (Lipinski definition) is 3. The lowest BCUT2D eigenvalue weighted by Crippen LogP contribution is -2.23. The van der Waals surface area contributed by atoms with E-state index in [-0.39, 0.29) is 10.8 Å². The number of benzene rings is 1. The molecule has 1 aromatic rings. The van der Waals surface area contributed by atoms with Gasteiger partial charge in [0, 0.05) is 5.69 Å². The highest BCUT2D eigenvalue weighted by Crippen LogP contribution is 2.47. The Bertz CT molecular complexity index is 533. The van der Waals surface area contributed by atoms with Crippen LogP contribution < -0.4 is 11.0 Å². The summed E-state index contributed by atoms with van der Waals surface area (Å²) in [5.74, 6) is 5.02. The van der Waals surface area contributed by atoms with Crippen molar-refractivity contribution in [3.05, 3.63) is 29.8 Å². The molecular weight excluding hydrogens is 302 g/mol. The summed E-state index contributed by atoms with van der Waals surface area (Å²) in [5.41, 5.74) is 1.87. The first-order chi connectivity index (χ1) is 9.84. The van der Waals surface area contributed by atoms with Gasteiger partial charge in [-0.1, -0.05) is 53.7 Å². The molecule has 22 heavy (non-hydrogen) atoms. The van der Waals surface area contributed by atoms with Gasteiger partial charge in [-0.25, -0.2) is 15.1 Å². The number of anilines is 1. The van der Waals surface area contributed by atoms with Gasteiger partial charge in [0.2, 0.25) is 0 Å². The van der Waals surface area contributed by atoms with Gasteiger partial charge in [0.15, 0.2) is 0 Å². The van der Waals surface area contributed by atoms with Gasteiger partial charge in [0.1, 0.15) is 0 Å². The van der Waals surface area contributed by atoms with Crippen molar-refractivity contribution in [3.8, 4) is 0 Å². The lowest BCUT2D eigenvalue weighted by atomic mass is 9.69. The molecule has 0 aliphatic heterocycles. The Kier molecular flexibility index (Phi) is 5.82. The molecule has 0 amide bonds. The number of nitrogens with one attached hydrogen (secondary N) is 1. The van der Waals surface area contributed by atoms with Crippen molar-refractivity contribution < 1.29 is 13.4 Å². The molecule has 3 N–H and O–H groups in total. The maximum absolute atomic E-state index is 13.3. The molecule has 1 rings (SSSR count). The molecule has 0 spiro atoms. The van der Waals surface area contributed by atoms with Crippen LogP contribution in [0.5, 0.6) is 0 Å². The van der Waals surface area contributed by atoms with Crippen LogP contribution >= 0.6 is 7.83 Å². The van der Waals surface area contributed by atoms with E-state index in [2.05, 4.69) is 57.2 Å². The van der Waals surface area contributed by atoms with E-state index in [9.17, 15) is 8.76 Å². The Morgan fingerprint density at radius 2 is 1.68 bits per heavy atom. The average molecular weight is 330 g/mol. The van der Waals surface area contributed by atoms with Gasteiger partial charge in [-0.15, -0.1) is 4.20 Å². The first-order valence-corrected chi connectivity index (χ1v) is 8.92. The third-order valence-corrected chi connectivity index (χ3v) is 4.37. The molecule has 1 aromatic carbocycles. The third kappa shape index (κ3) is 6.07. The largest absolute Gasteiger partial charge is 0.486 e. The Morgan fingerprint density at radius 3 is 2.05 bits per heavy atom. The van der Waals surface area contributed by atoms with Crippen molar-refractivity contribution in [3.63, 3.8) is 0 Å². The Labute approximate surface area is 133 Å². The number of nitrogens with two attached hydrogens (primary N) is 1. The summed E-state index contributed by atoms with van der Waals surface area (Å²) in [6.45, 7) is 13.3. The maximum Gasteiger partial charge on any atom is 0.486 e. The summed E-state index contributed by atoms with van der Waals surface area (Å²) in [7, 11) is -4.47. The lowest BCUT2D eigenvalue weighted by Gasteiger charge is -2.36. The molecular formula is C16H28FN2O2P. The van der Waals surface area contributed by atoms with Crippen LogP contribution in [0.25, 0.3) is 0 Å². The zero-order chi connectivity index (χ0) is 17.2. The smallest absolute Gasteiger partial charge is 0.288 e. The van der Waals surface area contributed by atoms with E-state index in [1.807, 2.05) is 12.1 Å². The summed E-state index contributed by atoms with van der Waals surface area (Å²) in [5, 5.41) is 2.16. The highest BCUT2D eigenvalue weighted by molar-refractivity contribution is 7.55. The SMILES string of the molecule is CC(C)(C)CC(c1ccc(NP(=O)(F)ON)cc1)C(C)(C)C. The van der Waals surface area contributed by atoms with Gasteiger partial charge in [0.05, 0.1) is 0 Å². The fourth-order valence-corrected chi connectivity index (χ4v) is 3.02. The highest BCUT2D eigenvalue weighted by atomic mass is 31.2. The van der Waals surface area contributed by atoms with Crippen LogP contribution in [0, 0.1) is 10.8 Å². The first kappa shape index (κ1) is 19.1. The Hall–Kier alpha value is -0.900. The fourth-order valence-electron chi connectivity index (χ4n) is 2.51. The van der Waals surface area contributed by atoms with Crippen LogP contribution in [0.2, 0.25) is 0 Å². The third-order valence-electron chi connectivity index (χ3n) is 3.57. The average Bonchev–Trinajstić information content (AvgIpc) is 2.34. The molecule has 0 saturated heterocycles. The van der Waals surface area contributed by atoms with Gasteiger partial charge in [-0.2, -0.15) is 0 Å². The Morgan fingerprint density at radius 1 is 1.18 bits per heavy atom. The zero-order valence-corrected chi connectivity index (χ0v) is 15.2. The second-order valence-corrected chi connectivity index (χ2v) is 9.40. The minimum absolute atomic E-state index is 0.109. The van der Waals surface area contributed by atoms with E-state index in [0.717, 1.165) is 6.42 Å². The second-order valence-electron chi connectivity index (χ2n) is 8.00. The second kappa shape index (κ2) is 6.69. The number of rotatable bonds is 5. The molecule has 0 heterocycles. The highest BCUT2D eigenvalue weighted by Gasteiger charge is 2.30. The van der Waals surface area contributed by atoms with Gasteiger partial charge < -0.3 is 0 Å². The standard InChI is InChI=1S/C16H28FN2O2P/c1-15(2,3)11-14(16(4,5)6)12-7-9-13(10-8-12)19-22(17,20)21-18/h7-10,14H,11,18H2,1-6H3,(H,19,20). The minimum Gasteiger partial charge on any atom is -0.288 e. The fraction of sp³-hybridized carbons (Fsp3) is 0.625. The van der Waals surface area contributed by atoms with Gasteiger partial charge >= 0.3 is 7.83 Å². The molecule has 0 saturated carbocycles. The summed E-state index contributed by atoms with van der Waals surface area (Å²) in [6, 6.07) is 7.25. The van der Waals surface area contributed by atoms with Crippen molar-refractivity contribution >= 4 is 13.5 Å². The molecule has 6 heteroatoms. The lowest BCUT2D eigenvalue weighted by molar-refractivity contribution is 0.229. The molecule has 0 aromatic heterocycles. The first-order valence-electron chi connectivity index (χ1n) is 7.40. The quantitative estimate of drug-likeness (QED) is 0.542. The molecule has 126 valence electrons. The molecule has 4 nitrogen and oxygen atoms in total. The maximum atomic E-state index is 13.3. The van der Waals surface area contributed by atoms with Gasteiger partial charge in [0.25, 0.3) is 0 Å². The molecule has 2 unspecified atom stereocenters. The van der Waals surface area contributed by atoms with E-state index >= 15 is 0 Å². The molecule has 0 aliphatic carbocycles. The summed E-state index contributed by atoms with van der Waals surface area (Å²) in [6.07, 6.45) is 1.04. The van der Waals surface area contributed by atoms with E-state index < -0.39 is 7.83 Å². The molecule has 0 fully saturated rings. The predicted octanol–water partition coefficient (Wildman–Crippen LogP) is 5.63. The minimum atomic E-state index is -4.47. The van der Waals surface area contributed by atoms with Crippen molar-refractivity contribution in [1.82, 2.24) is 0 Å². The summed E-state index contributed by atoms with van der Waals surface area (Å²) in [4.78, 5) is 0. The number of halogens is 1. The molecule has 0 aliphatic rings. The van der Waals surface area contributed by atoms with E-state index in [1.54, 1.807) is 12.1 Å². The predicted molar refractivity (Wildman–Crippen MR) is 90.3 cm³/mol. The van der Waals surface area contributed by atoms with Crippen molar-refractivity contribution in [2.45, 2.75) is 53.9 Å². The van der Waals surface area contributed by atoms with Crippen LogP contribution in [0.3, 0.4) is 0 Å². The monoisotopic (exact) mass is 330 g/mol. The Balaban J connectivity index is 3.01. The molecule has 0 radical (unpaired) electrons. The normalized spacial score (nSPS) is 16.9. The van der Waals surface area contributed by atoms with Crippen molar-refractivity contribution in [1.29, 1.82) is 0 Å². The topological polar surface area (TPSA) is 64.3 Å². The van der Waals surface area contributed by atoms with Gasteiger partial charge in [-0.05, 0) is 40.9 Å². The van der Waals surface area contributed by atoms with Crippen LogP contribution in [0.4, 0.5) is 9.88 Å². The van der Waals surface area contributed by atoms with E-state index in [0.29, 0.717) is 11.6 Å². The van der Waals surface area contributed by atoms with Crippen molar-refractivity contribution in [2.24, 2.45) is 16.7 Å². The van der Waals surface area contributed by atoms with Crippen LogP contribution in [-0.2, 0) is 9.19 Å². The number of hydrogen-bond donors (Lipinski definition) is 2.